The van der Waals surface area contributed by atoms with Gasteiger partial charge in [-0.2, -0.15) is 0 Å². The number of carboxylic acids is 1. The maximum atomic E-state index is 11.4. The van der Waals surface area contributed by atoms with Gasteiger partial charge in [0.1, 0.15) is 11.8 Å². The van der Waals surface area contributed by atoms with Crippen LogP contribution in [0.15, 0.2) is 42.5 Å². The summed E-state index contributed by atoms with van der Waals surface area (Å²) in [6, 6.07) is 10.5. The van der Waals surface area contributed by atoms with E-state index in [2.05, 4.69) is 5.32 Å². The molecule has 144 valence electrons. The summed E-state index contributed by atoms with van der Waals surface area (Å²) in [5.41, 5.74) is 0.369. The van der Waals surface area contributed by atoms with Gasteiger partial charge in [0.2, 0.25) is 5.75 Å². The third-order valence-electron chi connectivity index (χ3n) is 3.83. The predicted octanol–water partition coefficient (Wildman–Crippen LogP) is 4.63. The molecule has 0 fully saturated rings. The Morgan fingerprint density at radius 3 is 2.56 bits per heavy atom. The van der Waals surface area contributed by atoms with Crippen LogP contribution >= 0.6 is 11.6 Å². The molecule has 0 aliphatic rings. The van der Waals surface area contributed by atoms with Crippen LogP contribution in [0.4, 0.5) is 5.69 Å². The average Bonchev–Trinajstić information content (AvgIpc) is 2.60. The second kappa shape index (κ2) is 9.34. The second-order valence-electron chi connectivity index (χ2n) is 6.49. The van der Waals surface area contributed by atoms with Crippen molar-refractivity contribution in [2.45, 2.75) is 32.9 Å². The van der Waals surface area contributed by atoms with E-state index in [0.29, 0.717) is 22.8 Å². The number of ether oxygens (including phenoxy) is 1. The zero-order chi connectivity index (χ0) is 20.0. The van der Waals surface area contributed by atoms with E-state index in [4.69, 9.17) is 16.3 Å². The molecule has 1 atom stereocenters. The molecule has 8 heteroatoms. The van der Waals surface area contributed by atoms with E-state index in [-0.39, 0.29) is 23.9 Å². The van der Waals surface area contributed by atoms with E-state index in [0.717, 1.165) is 0 Å². The molecule has 27 heavy (non-hydrogen) atoms. The first-order valence-electron chi connectivity index (χ1n) is 8.43. The number of benzene rings is 2. The predicted molar refractivity (Wildman–Crippen MR) is 102 cm³/mol. The summed E-state index contributed by atoms with van der Waals surface area (Å²) in [7, 11) is 0. The van der Waals surface area contributed by atoms with Gasteiger partial charge in [-0.3, -0.25) is 14.9 Å². The summed E-state index contributed by atoms with van der Waals surface area (Å²) < 4.78 is 5.58. The van der Waals surface area contributed by atoms with Gasteiger partial charge in [0.25, 0.3) is 0 Å². The highest BCUT2D eigenvalue weighted by Gasteiger charge is 2.20. The molecule has 0 saturated carbocycles. The van der Waals surface area contributed by atoms with Crippen molar-refractivity contribution < 1.29 is 19.6 Å². The molecule has 0 radical (unpaired) electrons. The molecule has 2 aromatic rings. The molecule has 2 aromatic carbocycles. The Balaban J connectivity index is 2.18. The molecule has 0 amide bonds. The fourth-order valence-electron chi connectivity index (χ4n) is 2.53. The highest BCUT2D eigenvalue weighted by Crippen LogP contribution is 2.35. The quantitative estimate of drug-likeness (QED) is 0.476. The number of nitro groups is 1. The summed E-state index contributed by atoms with van der Waals surface area (Å²) in [6.45, 7) is 4.06. The fourth-order valence-corrected chi connectivity index (χ4v) is 2.71. The lowest BCUT2D eigenvalue weighted by Crippen LogP contribution is -2.37. The number of halogens is 1. The van der Waals surface area contributed by atoms with Gasteiger partial charge >= 0.3 is 11.7 Å². The van der Waals surface area contributed by atoms with Gasteiger partial charge in [-0.15, -0.1) is 0 Å². The van der Waals surface area contributed by atoms with Gasteiger partial charge < -0.3 is 15.2 Å². The standard InChI is InChI=1S/C19H21ClN2O5/c1-12(2)9-15(19(23)24)21-11-13-7-8-18(16(10-13)22(25)26)27-17-6-4-3-5-14(17)20/h3-8,10,12,15,21H,9,11H2,1-2H3,(H,23,24)/t15-/m0/s1. The lowest BCUT2D eigenvalue weighted by Gasteiger charge is -2.16. The molecule has 0 spiro atoms. The number of rotatable bonds is 9. The number of nitro benzene ring substituents is 1. The van der Waals surface area contributed by atoms with Gasteiger partial charge in [0, 0.05) is 12.6 Å². The molecule has 0 bridgehead atoms. The maximum absolute atomic E-state index is 11.4. The Kier molecular flexibility index (Phi) is 7.15. The van der Waals surface area contributed by atoms with Crippen LogP contribution in [0.2, 0.25) is 5.02 Å². The highest BCUT2D eigenvalue weighted by atomic mass is 35.5. The molecule has 0 aromatic heterocycles. The van der Waals surface area contributed by atoms with Gasteiger partial charge in [-0.05, 0) is 36.1 Å². The molecule has 7 nitrogen and oxygen atoms in total. The third kappa shape index (κ3) is 5.94. The van der Waals surface area contributed by atoms with Crippen molar-refractivity contribution in [3.63, 3.8) is 0 Å². The highest BCUT2D eigenvalue weighted by molar-refractivity contribution is 6.32. The Bertz CT molecular complexity index is 825. The lowest BCUT2D eigenvalue weighted by molar-refractivity contribution is -0.385. The largest absolute Gasteiger partial charge is 0.480 e. The summed E-state index contributed by atoms with van der Waals surface area (Å²) in [5.74, 6) is -0.360. The number of nitrogens with one attached hydrogen (secondary N) is 1. The second-order valence-corrected chi connectivity index (χ2v) is 6.90. The SMILES string of the molecule is CC(C)C[C@H](NCc1ccc(Oc2ccccc2Cl)c([N+](=O)[O-])c1)C(=O)O. The number of para-hydroxylation sites is 1. The number of carbonyl (C=O) groups is 1. The lowest BCUT2D eigenvalue weighted by atomic mass is 10.0. The van der Waals surface area contributed by atoms with E-state index in [1.54, 1.807) is 30.3 Å². The van der Waals surface area contributed by atoms with E-state index in [1.165, 1.54) is 12.1 Å². The minimum absolute atomic E-state index is 0.0637. The van der Waals surface area contributed by atoms with E-state index in [9.17, 15) is 20.0 Å². The van der Waals surface area contributed by atoms with Gasteiger partial charge in [-0.1, -0.05) is 43.6 Å². The monoisotopic (exact) mass is 392 g/mol. The number of nitrogens with zero attached hydrogens (tertiary/aromatic N) is 1. The van der Waals surface area contributed by atoms with Crippen LogP contribution in [0.3, 0.4) is 0 Å². The normalized spacial score (nSPS) is 12.0. The molecule has 0 aliphatic heterocycles. The molecule has 2 rings (SSSR count). The van der Waals surface area contributed by atoms with E-state index < -0.39 is 16.9 Å². The van der Waals surface area contributed by atoms with Crippen LogP contribution in [0, 0.1) is 16.0 Å². The van der Waals surface area contributed by atoms with Crippen molar-refractivity contribution >= 4 is 23.3 Å². The molecule has 0 aliphatic carbocycles. The zero-order valence-corrected chi connectivity index (χ0v) is 15.8. The Hall–Kier alpha value is -2.64. The van der Waals surface area contributed by atoms with Gasteiger partial charge in [0.15, 0.2) is 0 Å². The van der Waals surface area contributed by atoms with Gasteiger partial charge in [0.05, 0.1) is 9.95 Å². The van der Waals surface area contributed by atoms with Crippen LogP contribution in [-0.4, -0.2) is 22.0 Å². The first-order valence-corrected chi connectivity index (χ1v) is 8.81. The average molecular weight is 393 g/mol. The van der Waals surface area contributed by atoms with Crippen LogP contribution < -0.4 is 10.1 Å². The number of carboxylic acid groups (broad SMARTS) is 1. The van der Waals surface area contributed by atoms with Crippen molar-refractivity contribution in [3.8, 4) is 11.5 Å². The Morgan fingerprint density at radius 2 is 1.96 bits per heavy atom. The molecule has 0 saturated heterocycles. The minimum atomic E-state index is -0.947. The molecular formula is C19H21ClN2O5. The molecular weight excluding hydrogens is 372 g/mol. The fraction of sp³-hybridized carbons (Fsp3) is 0.316. The molecule has 2 N–H and O–H groups in total. The Labute approximate surface area is 162 Å². The van der Waals surface area contributed by atoms with Crippen LogP contribution in [-0.2, 0) is 11.3 Å². The number of hydrogen-bond donors (Lipinski definition) is 2. The summed E-state index contributed by atoms with van der Waals surface area (Å²) >= 11 is 6.03. The van der Waals surface area contributed by atoms with Crippen molar-refractivity contribution in [1.29, 1.82) is 0 Å². The van der Waals surface area contributed by atoms with Crippen LogP contribution in [0.5, 0.6) is 11.5 Å². The minimum Gasteiger partial charge on any atom is -0.480 e. The molecule has 0 heterocycles. The number of hydrogen-bond acceptors (Lipinski definition) is 5. The van der Waals surface area contributed by atoms with Crippen LogP contribution in [0.25, 0.3) is 0 Å². The summed E-state index contributed by atoms with van der Waals surface area (Å²) in [5, 5.41) is 24.0. The zero-order valence-electron chi connectivity index (χ0n) is 15.0. The third-order valence-corrected chi connectivity index (χ3v) is 4.15. The maximum Gasteiger partial charge on any atom is 0.320 e. The summed E-state index contributed by atoms with van der Waals surface area (Å²) in [6.07, 6.45) is 0.463. The van der Waals surface area contributed by atoms with Crippen molar-refractivity contribution in [1.82, 2.24) is 5.32 Å². The first kappa shape index (κ1) is 20.7. The number of aliphatic carboxylic acids is 1. The van der Waals surface area contributed by atoms with E-state index >= 15 is 0 Å². The van der Waals surface area contributed by atoms with Crippen molar-refractivity contribution in [2.24, 2.45) is 5.92 Å². The topological polar surface area (TPSA) is 102 Å². The van der Waals surface area contributed by atoms with Crippen molar-refractivity contribution in [3.05, 3.63) is 63.2 Å². The first-order chi connectivity index (χ1) is 12.8. The Morgan fingerprint density at radius 1 is 1.26 bits per heavy atom. The van der Waals surface area contributed by atoms with Crippen molar-refractivity contribution in [2.75, 3.05) is 0 Å². The smallest absolute Gasteiger partial charge is 0.320 e. The molecule has 0 unspecified atom stereocenters. The van der Waals surface area contributed by atoms with Gasteiger partial charge in [-0.25, -0.2) is 0 Å². The van der Waals surface area contributed by atoms with E-state index in [1.807, 2.05) is 13.8 Å². The van der Waals surface area contributed by atoms with Crippen LogP contribution in [0.1, 0.15) is 25.8 Å². The summed E-state index contributed by atoms with van der Waals surface area (Å²) in [4.78, 5) is 22.2.